The van der Waals surface area contributed by atoms with Gasteiger partial charge in [0.1, 0.15) is 0 Å². The quantitative estimate of drug-likeness (QED) is 0.539. The molecular formula is C12H14O2. The Balaban J connectivity index is 2.22. The number of allylic oxidation sites excluding steroid dienone is 1. The van der Waals surface area contributed by atoms with E-state index in [4.69, 9.17) is 0 Å². The minimum absolute atomic E-state index is 0.277. The van der Waals surface area contributed by atoms with E-state index < -0.39 is 0 Å². The molecule has 0 aromatic heterocycles. The highest BCUT2D eigenvalue weighted by molar-refractivity contribution is 5.66. The van der Waals surface area contributed by atoms with Crippen molar-refractivity contribution in [3.05, 3.63) is 48.2 Å². The van der Waals surface area contributed by atoms with Crippen LogP contribution in [0.15, 0.2) is 42.7 Å². The number of aryl methyl sites for hydroxylation is 1. The van der Waals surface area contributed by atoms with E-state index in [0.717, 1.165) is 12.8 Å². The van der Waals surface area contributed by atoms with Gasteiger partial charge in [0.25, 0.3) is 0 Å². The summed E-state index contributed by atoms with van der Waals surface area (Å²) in [5, 5.41) is 0. The van der Waals surface area contributed by atoms with Crippen molar-refractivity contribution in [3.63, 3.8) is 0 Å². The summed E-state index contributed by atoms with van der Waals surface area (Å²) in [4.78, 5) is 10.4. The number of hydrogen-bond donors (Lipinski definition) is 0. The van der Waals surface area contributed by atoms with Crippen molar-refractivity contribution in [3.8, 4) is 0 Å². The van der Waals surface area contributed by atoms with Gasteiger partial charge in [-0.3, -0.25) is 4.79 Å². The van der Waals surface area contributed by atoms with Crippen molar-refractivity contribution in [2.24, 2.45) is 0 Å². The van der Waals surface area contributed by atoms with Gasteiger partial charge >= 0.3 is 5.97 Å². The summed E-state index contributed by atoms with van der Waals surface area (Å²) in [7, 11) is 0. The van der Waals surface area contributed by atoms with Crippen molar-refractivity contribution in [2.75, 3.05) is 0 Å². The van der Waals surface area contributed by atoms with Crippen LogP contribution in [0.3, 0.4) is 0 Å². The molecule has 0 aliphatic rings. The summed E-state index contributed by atoms with van der Waals surface area (Å²) < 4.78 is 4.66. The molecule has 2 heteroatoms. The lowest BCUT2D eigenvalue weighted by atomic mass is 10.1. The van der Waals surface area contributed by atoms with Gasteiger partial charge in [0.05, 0.1) is 6.26 Å². The average molecular weight is 190 g/mol. The molecule has 0 aliphatic carbocycles. The first-order valence-corrected chi connectivity index (χ1v) is 4.65. The van der Waals surface area contributed by atoms with E-state index in [1.807, 2.05) is 24.3 Å². The Morgan fingerprint density at radius 1 is 1.36 bits per heavy atom. The molecule has 1 rings (SSSR count). The van der Waals surface area contributed by atoms with Gasteiger partial charge in [-0.15, -0.1) is 0 Å². The second kappa shape index (κ2) is 5.97. The predicted octanol–water partition coefficient (Wildman–Crippen LogP) is 2.70. The zero-order chi connectivity index (χ0) is 10.2. The second-order valence-electron chi connectivity index (χ2n) is 3.01. The minimum Gasteiger partial charge on any atom is -0.435 e. The summed E-state index contributed by atoms with van der Waals surface area (Å²) in [5.41, 5.74) is 1.29. The molecule has 0 bridgehead atoms. The van der Waals surface area contributed by atoms with Crippen LogP contribution in [0.2, 0.25) is 0 Å². The average Bonchev–Trinajstić information content (AvgIpc) is 2.18. The molecule has 2 nitrogen and oxygen atoms in total. The molecular weight excluding hydrogens is 176 g/mol. The van der Waals surface area contributed by atoms with Gasteiger partial charge in [-0.25, -0.2) is 0 Å². The van der Waals surface area contributed by atoms with Crippen molar-refractivity contribution in [1.29, 1.82) is 0 Å². The summed E-state index contributed by atoms with van der Waals surface area (Å²) in [6.07, 6.45) is 5.16. The molecule has 74 valence electrons. The maximum absolute atomic E-state index is 10.4. The van der Waals surface area contributed by atoms with Crippen LogP contribution >= 0.6 is 0 Å². The first-order chi connectivity index (χ1) is 6.79. The standard InChI is InChI=1S/C12H14O2/c1-11(13)14-10-6-5-9-12-7-3-2-4-8-12/h2-4,6-8,10H,5,9H2,1H3/b10-6+. The third-order valence-corrected chi connectivity index (χ3v) is 1.77. The van der Waals surface area contributed by atoms with E-state index in [1.165, 1.54) is 18.7 Å². The fourth-order valence-corrected chi connectivity index (χ4v) is 1.11. The van der Waals surface area contributed by atoms with Gasteiger partial charge in [0.15, 0.2) is 0 Å². The molecule has 0 atom stereocenters. The Morgan fingerprint density at radius 3 is 2.71 bits per heavy atom. The monoisotopic (exact) mass is 190 g/mol. The lowest BCUT2D eigenvalue weighted by Gasteiger charge is -1.96. The lowest BCUT2D eigenvalue weighted by molar-refractivity contribution is -0.135. The van der Waals surface area contributed by atoms with E-state index in [1.54, 1.807) is 0 Å². The topological polar surface area (TPSA) is 26.3 Å². The van der Waals surface area contributed by atoms with Crippen LogP contribution < -0.4 is 0 Å². The maximum atomic E-state index is 10.4. The van der Waals surface area contributed by atoms with Crippen LogP contribution in [0.4, 0.5) is 0 Å². The number of carbonyl (C=O) groups is 1. The van der Waals surface area contributed by atoms with Crippen LogP contribution in [-0.2, 0) is 16.0 Å². The Hall–Kier alpha value is -1.57. The Labute approximate surface area is 84.2 Å². The van der Waals surface area contributed by atoms with Crippen molar-refractivity contribution in [2.45, 2.75) is 19.8 Å². The molecule has 1 aromatic carbocycles. The van der Waals surface area contributed by atoms with Gasteiger partial charge in [0.2, 0.25) is 0 Å². The van der Waals surface area contributed by atoms with E-state index in [2.05, 4.69) is 16.9 Å². The number of hydrogen-bond acceptors (Lipinski definition) is 2. The third kappa shape index (κ3) is 4.45. The van der Waals surface area contributed by atoms with E-state index in [0.29, 0.717) is 0 Å². The van der Waals surface area contributed by atoms with E-state index in [-0.39, 0.29) is 5.97 Å². The molecule has 0 heterocycles. The highest BCUT2D eigenvalue weighted by atomic mass is 16.5. The zero-order valence-corrected chi connectivity index (χ0v) is 8.27. The van der Waals surface area contributed by atoms with Crippen molar-refractivity contribution < 1.29 is 9.53 Å². The van der Waals surface area contributed by atoms with Gasteiger partial charge in [-0.05, 0) is 24.5 Å². The molecule has 0 amide bonds. The SMILES string of the molecule is CC(=O)O/C=C/CCc1ccccc1. The van der Waals surface area contributed by atoms with Crippen molar-refractivity contribution in [1.82, 2.24) is 0 Å². The summed E-state index contributed by atoms with van der Waals surface area (Å²) in [5.74, 6) is -0.277. The zero-order valence-electron chi connectivity index (χ0n) is 8.27. The lowest BCUT2D eigenvalue weighted by Crippen LogP contribution is -1.89. The molecule has 0 radical (unpaired) electrons. The van der Waals surface area contributed by atoms with Crippen LogP contribution in [0.5, 0.6) is 0 Å². The van der Waals surface area contributed by atoms with E-state index in [9.17, 15) is 4.79 Å². The first kappa shape index (κ1) is 10.5. The summed E-state index contributed by atoms with van der Waals surface area (Å²) >= 11 is 0. The second-order valence-corrected chi connectivity index (χ2v) is 3.01. The summed E-state index contributed by atoms with van der Waals surface area (Å²) in [6.45, 7) is 1.39. The Morgan fingerprint density at radius 2 is 2.07 bits per heavy atom. The largest absolute Gasteiger partial charge is 0.435 e. The molecule has 0 aliphatic heterocycles. The van der Waals surface area contributed by atoms with Crippen LogP contribution in [-0.4, -0.2) is 5.97 Å². The molecule has 1 aromatic rings. The number of carbonyl (C=O) groups excluding carboxylic acids is 1. The first-order valence-electron chi connectivity index (χ1n) is 4.65. The third-order valence-electron chi connectivity index (χ3n) is 1.77. The number of esters is 1. The molecule has 14 heavy (non-hydrogen) atoms. The Bertz CT molecular complexity index is 301. The normalized spacial score (nSPS) is 10.4. The fraction of sp³-hybridized carbons (Fsp3) is 0.250. The van der Waals surface area contributed by atoms with Crippen LogP contribution in [0, 0.1) is 0 Å². The van der Waals surface area contributed by atoms with Gasteiger partial charge in [0, 0.05) is 6.92 Å². The highest BCUT2D eigenvalue weighted by Crippen LogP contribution is 2.02. The minimum atomic E-state index is -0.277. The van der Waals surface area contributed by atoms with E-state index >= 15 is 0 Å². The fourth-order valence-electron chi connectivity index (χ4n) is 1.11. The van der Waals surface area contributed by atoms with Gasteiger partial charge in [-0.2, -0.15) is 0 Å². The van der Waals surface area contributed by atoms with Crippen LogP contribution in [0.1, 0.15) is 18.9 Å². The Kier molecular flexibility index (Phi) is 4.48. The number of rotatable bonds is 4. The molecule has 0 saturated heterocycles. The highest BCUT2D eigenvalue weighted by Gasteiger charge is 1.88. The van der Waals surface area contributed by atoms with Crippen molar-refractivity contribution >= 4 is 5.97 Å². The smallest absolute Gasteiger partial charge is 0.307 e. The molecule has 0 saturated carbocycles. The van der Waals surface area contributed by atoms with Gasteiger partial charge in [-0.1, -0.05) is 30.3 Å². The number of benzene rings is 1. The van der Waals surface area contributed by atoms with Crippen LogP contribution in [0.25, 0.3) is 0 Å². The molecule has 0 fully saturated rings. The summed E-state index contributed by atoms with van der Waals surface area (Å²) in [6, 6.07) is 10.2. The molecule has 0 unspecified atom stereocenters. The number of ether oxygens (including phenoxy) is 1. The maximum Gasteiger partial charge on any atom is 0.307 e. The molecule has 0 spiro atoms. The molecule has 0 N–H and O–H groups in total. The van der Waals surface area contributed by atoms with Gasteiger partial charge < -0.3 is 4.74 Å². The predicted molar refractivity (Wildman–Crippen MR) is 55.7 cm³/mol.